The fraction of sp³-hybridized carbons (Fsp3) is 0.500. The molecular weight excluding hydrogens is 920 g/mol. The van der Waals surface area contributed by atoms with Crippen LogP contribution in [0.2, 0.25) is 0 Å². The molecule has 2 N–H and O–H groups in total. The SMILES string of the molecule is CC(C)(C)OC(=O)C1CCC[C@@H]1C(=O)O.CC(C)(C)OC(=O)N1CCC[C@@H]1C(=O)Nc1ccccc1C(=O)c1ccccc1.[I][V][I].[V]. The van der Waals surface area contributed by atoms with Gasteiger partial charge in [0.1, 0.15) is 17.2 Å². The Balaban J connectivity index is 0.000000511. The van der Waals surface area contributed by atoms with Gasteiger partial charge in [-0.05, 0) is 79.4 Å². The van der Waals surface area contributed by atoms with Crippen LogP contribution >= 0.6 is 40.0 Å². The Kier molecular flexibility index (Phi) is 19.4. The van der Waals surface area contributed by atoms with Crippen molar-refractivity contribution in [2.45, 2.75) is 90.9 Å². The summed E-state index contributed by atoms with van der Waals surface area (Å²) in [6.07, 6.45) is 2.79. The maximum absolute atomic E-state index is 12.9. The number of hydrogen-bond acceptors (Lipinski definition) is 7. The number of nitrogens with zero attached hydrogens (tertiary/aromatic N) is 1. The molecule has 0 aromatic heterocycles. The van der Waals surface area contributed by atoms with E-state index in [1.807, 2.05) is 6.07 Å². The van der Waals surface area contributed by atoms with Gasteiger partial charge >= 0.3 is 67.5 Å². The molecule has 1 radical (unpaired) electrons. The van der Waals surface area contributed by atoms with Crippen LogP contribution in [0.3, 0.4) is 0 Å². The van der Waals surface area contributed by atoms with Crippen LogP contribution in [0, 0.1) is 11.8 Å². The minimum Gasteiger partial charge on any atom is 0 e. The Labute approximate surface area is 324 Å². The van der Waals surface area contributed by atoms with Crippen molar-refractivity contribution in [3.05, 3.63) is 65.7 Å². The van der Waals surface area contributed by atoms with Crippen LogP contribution < -0.4 is 5.32 Å². The fourth-order valence-electron chi connectivity index (χ4n) is 5.24. The molecule has 1 saturated heterocycles. The average molecular weight is 964 g/mol. The molecule has 0 bridgehead atoms. The number of nitrogens with one attached hydrogen (secondary N) is 1. The largest absolute Gasteiger partial charge is 0 e. The zero-order chi connectivity index (χ0) is 35.4. The number of rotatable bonds is 6. The van der Waals surface area contributed by atoms with Crippen molar-refractivity contribution < 1.29 is 66.6 Å². The summed E-state index contributed by atoms with van der Waals surface area (Å²) in [6, 6.07) is 15.2. The number of likely N-dealkylation sites (tertiary alicyclic amines) is 1. The van der Waals surface area contributed by atoms with Crippen molar-refractivity contribution in [2.75, 3.05) is 11.9 Å². The first-order valence-corrected chi connectivity index (χ1v) is 24.4. The Morgan fingerprint density at radius 3 is 1.92 bits per heavy atom. The maximum Gasteiger partial charge on any atom is 0 e. The molecule has 2 aliphatic rings. The summed E-state index contributed by atoms with van der Waals surface area (Å²) in [5.74, 6) is -2.75. The molecule has 4 rings (SSSR count). The fourth-order valence-corrected chi connectivity index (χ4v) is 5.24. The second kappa shape index (κ2) is 20.9. The molecule has 0 spiro atoms. The van der Waals surface area contributed by atoms with Gasteiger partial charge in [-0.15, -0.1) is 0 Å². The molecule has 48 heavy (non-hydrogen) atoms. The zero-order valence-electron chi connectivity index (χ0n) is 28.1. The molecule has 2 amide bonds. The molecule has 2 fully saturated rings. The van der Waals surface area contributed by atoms with Gasteiger partial charge < -0.3 is 19.9 Å². The predicted molar refractivity (Wildman–Crippen MR) is 193 cm³/mol. The minimum absolute atomic E-state index is 0. The van der Waals surface area contributed by atoms with Crippen LogP contribution in [-0.2, 0) is 51.9 Å². The number of aliphatic carboxylic acids is 1. The average Bonchev–Trinajstić information content (AvgIpc) is 3.68. The molecule has 262 valence electrons. The number of hydrogen-bond donors (Lipinski definition) is 2. The number of esters is 1. The zero-order valence-corrected chi connectivity index (χ0v) is 35.2. The number of amides is 2. The van der Waals surface area contributed by atoms with Crippen molar-refractivity contribution in [3.63, 3.8) is 0 Å². The predicted octanol–water partition coefficient (Wildman–Crippen LogP) is 7.85. The molecule has 1 heterocycles. The van der Waals surface area contributed by atoms with E-state index in [0.29, 0.717) is 52.1 Å². The Bertz CT molecular complexity index is 1380. The summed E-state index contributed by atoms with van der Waals surface area (Å²) in [7, 11) is 0.628. The van der Waals surface area contributed by atoms with E-state index in [4.69, 9.17) is 14.6 Å². The third-order valence-electron chi connectivity index (χ3n) is 7.19. The molecule has 1 unspecified atom stereocenters. The van der Waals surface area contributed by atoms with Gasteiger partial charge in [-0.25, -0.2) is 4.79 Å². The van der Waals surface area contributed by atoms with E-state index in [9.17, 15) is 24.0 Å². The summed E-state index contributed by atoms with van der Waals surface area (Å²) in [4.78, 5) is 62.3. The maximum atomic E-state index is 12.9. The number of carbonyl (C=O) groups excluding carboxylic acids is 4. The Morgan fingerprint density at radius 2 is 1.35 bits per heavy atom. The summed E-state index contributed by atoms with van der Waals surface area (Å²) in [5, 5.41) is 11.8. The second-order valence-electron chi connectivity index (χ2n) is 13.1. The second-order valence-corrected chi connectivity index (χ2v) is 24.9. The van der Waals surface area contributed by atoms with Crippen molar-refractivity contribution in [3.8, 4) is 0 Å². The van der Waals surface area contributed by atoms with Crippen LogP contribution in [0.5, 0.6) is 0 Å². The van der Waals surface area contributed by atoms with Gasteiger partial charge in [0.05, 0.1) is 17.5 Å². The van der Waals surface area contributed by atoms with E-state index in [0.717, 1.165) is 12.8 Å². The Morgan fingerprint density at radius 1 is 0.812 bits per heavy atom. The molecule has 1 saturated carbocycles. The molecule has 14 heteroatoms. The van der Waals surface area contributed by atoms with Crippen molar-refractivity contribution in [1.29, 1.82) is 0 Å². The van der Waals surface area contributed by atoms with E-state index in [1.54, 1.807) is 90.1 Å². The first kappa shape index (κ1) is 44.4. The number of ketones is 1. The smallest absolute Gasteiger partial charge is 0 e. The number of anilines is 1. The van der Waals surface area contributed by atoms with Crippen LogP contribution in [0.1, 0.15) is 89.6 Å². The number of para-hydroxylation sites is 1. The minimum atomic E-state index is -0.886. The Hall–Kier alpha value is -1.58. The number of carboxylic acid groups (broad SMARTS) is 1. The topological polar surface area (TPSA) is 139 Å². The van der Waals surface area contributed by atoms with E-state index in [1.165, 1.54) is 4.90 Å². The normalized spacial score (nSPS) is 18.4. The van der Waals surface area contributed by atoms with Crippen molar-refractivity contribution in [1.82, 2.24) is 4.90 Å². The van der Waals surface area contributed by atoms with Crippen molar-refractivity contribution in [2.24, 2.45) is 11.8 Å². The van der Waals surface area contributed by atoms with Crippen LogP contribution in [0.15, 0.2) is 54.6 Å². The number of ether oxygens (including phenoxy) is 2. The van der Waals surface area contributed by atoms with Crippen LogP contribution in [0.25, 0.3) is 0 Å². The number of carbonyl (C=O) groups is 5. The van der Waals surface area contributed by atoms with Gasteiger partial charge in [0, 0.05) is 36.2 Å². The van der Waals surface area contributed by atoms with Crippen LogP contribution in [-0.4, -0.2) is 63.5 Å². The van der Waals surface area contributed by atoms with E-state index < -0.39 is 41.1 Å². The molecule has 2 aromatic rings. The van der Waals surface area contributed by atoms with Gasteiger partial charge in [-0.2, -0.15) is 0 Å². The molecule has 3 atom stereocenters. The molecule has 1 aliphatic heterocycles. The van der Waals surface area contributed by atoms with E-state index in [-0.39, 0.29) is 36.2 Å². The van der Waals surface area contributed by atoms with Crippen LogP contribution in [0.4, 0.5) is 10.5 Å². The third kappa shape index (κ3) is 14.7. The van der Waals surface area contributed by atoms with E-state index >= 15 is 0 Å². The van der Waals surface area contributed by atoms with Crippen molar-refractivity contribution >= 4 is 75.4 Å². The first-order chi connectivity index (χ1) is 22.0. The monoisotopic (exact) mass is 964 g/mol. The molecule has 1 aliphatic carbocycles. The van der Waals surface area contributed by atoms with Gasteiger partial charge in [-0.3, -0.25) is 24.1 Å². The molecule has 10 nitrogen and oxygen atoms in total. The first-order valence-electron chi connectivity index (χ1n) is 15.4. The third-order valence-corrected chi connectivity index (χ3v) is 7.19. The summed E-state index contributed by atoms with van der Waals surface area (Å²) in [6.45, 7) is 11.2. The summed E-state index contributed by atoms with van der Waals surface area (Å²) >= 11 is 4.74. The molecule has 2 aromatic carbocycles. The number of halogens is 2. The van der Waals surface area contributed by atoms with Gasteiger partial charge in [0.15, 0.2) is 5.78 Å². The summed E-state index contributed by atoms with van der Waals surface area (Å²) in [5.41, 5.74) is 0.222. The van der Waals surface area contributed by atoms with E-state index in [2.05, 4.69) is 45.3 Å². The quantitative estimate of drug-likeness (QED) is 0.170. The number of carboxylic acids is 1. The standard InChI is InChI=1S/C23H26N2O4.C11H18O4.2HI.2V/c1-23(2,3)29-22(28)25-15-9-14-19(25)21(27)24-18-13-8-7-12-17(18)20(26)16-10-5-4-6-11-16;1-11(2,3)15-10(14)8-6-4-5-7(8)9(12)13;;;;/h4-8,10-13,19H,9,14-15H2,1-3H3,(H,24,27);7-8H,4-6H2,1-3H3,(H,12,13);2*1H;;/q;;;;;+2/p-2/t19-;7-,8?;;;;/m10..../s1. The number of benzene rings is 2. The van der Waals surface area contributed by atoms with Gasteiger partial charge in [0.25, 0.3) is 0 Å². The molecular formula is C34H44I2N2O8V2. The van der Waals surface area contributed by atoms with Gasteiger partial charge in [-0.1, -0.05) is 48.9 Å². The van der Waals surface area contributed by atoms with Gasteiger partial charge in [0.2, 0.25) is 5.91 Å². The summed E-state index contributed by atoms with van der Waals surface area (Å²) < 4.78 is 10.6.